The number of ether oxygens (including phenoxy) is 3. The van der Waals surface area contributed by atoms with Crippen molar-refractivity contribution in [3.05, 3.63) is 29.6 Å². The predicted molar refractivity (Wildman–Crippen MR) is 62.5 cm³/mol. The standard InChI is InChI=1S/C12H18FNO3/c1-15-5-6-16-7-8-17-12-4-2-3-11(13)10(12)9-14/h2-4H,5-9,14H2,1H3. The molecule has 0 saturated carbocycles. The third-order valence-electron chi connectivity index (χ3n) is 2.20. The highest BCUT2D eigenvalue weighted by atomic mass is 19.1. The Morgan fingerprint density at radius 1 is 1.18 bits per heavy atom. The summed E-state index contributed by atoms with van der Waals surface area (Å²) in [5, 5.41) is 0. The van der Waals surface area contributed by atoms with Gasteiger partial charge in [-0.1, -0.05) is 6.07 Å². The molecule has 0 aliphatic carbocycles. The first-order valence-corrected chi connectivity index (χ1v) is 5.46. The molecule has 1 aromatic rings. The Morgan fingerprint density at radius 2 is 1.94 bits per heavy atom. The molecule has 0 fully saturated rings. The summed E-state index contributed by atoms with van der Waals surface area (Å²) in [6, 6.07) is 4.65. The van der Waals surface area contributed by atoms with Crippen molar-refractivity contribution in [2.24, 2.45) is 5.73 Å². The third-order valence-corrected chi connectivity index (χ3v) is 2.20. The van der Waals surface area contributed by atoms with Crippen molar-refractivity contribution < 1.29 is 18.6 Å². The van der Waals surface area contributed by atoms with Gasteiger partial charge in [-0.3, -0.25) is 0 Å². The van der Waals surface area contributed by atoms with Gasteiger partial charge in [0.15, 0.2) is 0 Å². The van der Waals surface area contributed by atoms with Crippen LogP contribution in [0, 0.1) is 5.82 Å². The largest absolute Gasteiger partial charge is 0.491 e. The van der Waals surface area contributed by atoms with Crippen LogP contribution in [-0.4, -0.2) is 33.5 Å². The molecular formula is C12H18FNO3. The van der Waals surface area contributed by atoms with Crippen LogP contribution >= 0.6 is 0 Å². The summed E-state index contributed by atoms with van der Waals surface area (Å²) < 4.78 is 28.8. The van der Waals surface area contributed by atoms with Crippen molar-refractivity contribution in [2.45, 2.75) is 6.54 Å². The van der Waals surface area contributed by atoms with Gasteiger partial charge in [0.2, 0.25) is 0 Å². The molecule has 5 heteroatoms. The zero-order valence-electron chi connectivity index (χ0n) is 9.95. The van der Waals surface area contributed by atoms with E-state index in [-0.39, 0.29) is 12.4 Å². The van der Waals surface area contributed by atoms with Gasteiger partial charge in [0.1, 0.15) is 18.2 Å². The lowest BCUT2D eigenvalue weighted by Gasteiger charge is -2.11. The van der Waals surface area contributed by atoms with Gasteiger partial charge >= 0.3 is 0 Å². The van der Waals surface area contributed by atoms with Crippen molar-refractivity contribution in [3.8, 4) is 5.75 Å². The van der Waals surface area contributed by atoms with Gasteiger partial charge in [-0.05, 0) is 12.1 Å². The number of hydrogen-bond acceptors (Lipinski definition) is 4. The monoisotopic (exact) mass is 243 g/mol. The normalized spacial score (nSPS) is 10.5. The quantitative estimate of drug-likeness (QED) is 0.700. The van der Waals surface area contributed by atoms with Crippen LogP contribution < -0.4 is 10.5 Å². The molecule has 1 aromatic carbocycles. The molecule has 0 aromatic heterocycles. The van der Waals surface area contributed by atoms with Crippen molar-refractivity contribution in [1.29, 1.82) is 0 Å². The summed E-state index contributed by atoms with van der Waals surface area (Å²) in [5.74, 6) is 0.133. The molecule has 0 radical (unpaired) electrons. The summed E-state index contributed by atoms with van der Waals surface area (Å²) in [7, 11) is 1.61. The van der Waals surface area contributed by atoms with E-state index in [9.17, 15) is 4.39 Å². The summed E-state index contributed by atoms with van der Waals surface area (Å²) >= 11 is 0. The van der Waals surface area contributed by atoms with Crippen molar-refractivity contribution >= 4 is 0 Å². The van der Waals surface area contributed by atoms with Crippen molar-refractivity contribution in [2.75, 3.05) is 33.5 Å². The molecule has 17 heavy (non-hydrogen) atoms. The van der Waals surface area contributed by atoms with Crippen LogP contribution in [0.25, 0.3) is 0 Å². The van der Waals surface area contributed by atoms with E-state index in [2.05, 4.69) is 0 Å². The van der Waals surface area contributed by atoms with Crippen LogP contribution in [0.4, 0.5) is 4.39 Å². The van der Waals surface area contributed by atoms with E-state index < -0.39 is 0 Å². The van der Waals surface area contributed by atoms with Gasteiger partial charge in [-0.2, -0.15) is 0 Å². The van der Waals surface area contributed by atoms with Gasteiger partial charge in [0.25, 0.3) is 0 Å². The maximum atomic E-state index is 13.3. The van der Waals surface area contributed by atoms with Gasteiger partial charge < -0.3 is 19.9 Å². The maximum Gasteiger partial charge on any atom is 0.131 e. The van der Waals surface area contributed by atoms with E-state index in [1.165, 1.54) is 6.07 Å². The fourth-order valence-electron chi connectivity index (χ4n) is 1.33. The SMILES string of the molecule is COCCOCCOc1cccc(F)c1CN. The maximum absolute atomic E-state index is 13.3. The van der Waals surface area contributed by atoms with Crippen LogP contribution in [0.15, 0.2) is 18.2 Å². The first kappa shape index (κ1) is 13.9. The van der Waals surface area contributed by atoms with E-state index in [0.29, 0.717) is 37.7 Å². The average Bonchev–Trinajstić information content (AvgIpc) is 2.34. The van der Waals surface area contributed by atoms with Gasteiger partial charge in [0.05, 0.1) is 19.8 Å². The van der Waals surface area contributed by atoms with E-state index in [1.807, 2.05) is 0 Å². The molecule has 0 amide bonds. The van der Waals surface area contributed by atoms with E-state index >= 15 is 0 Å². The van der Waals surface area contributed by atoms with Crippen LogP contribution in [0.5, 0.6) is 5.75 Å². The molecular weight excluding hydrogens is 225 g/mol. The van der Waals surface area contributed by atoms with Crippen LogP contribution in [-0.2, 0) is 16.0 Å². The number of rotatable bonds is 8. The molecule has 1 rings (SSSR count). The lowest BCUT2D eigenvalue weighted by molar-refractivity contribution is 0.0542. The smallest absolute Gasteiger partial charge is 0.131 e. The van der Waals surface area contributed by atoms with Crippen molar-refractivity contribution in [3.63, 3.8) is 0 Å². The Balaban J connectivity index is 2.33. The second-order valence-electron chi connectivity index (χ2n) is 3.37. The Labute approximate surface area is 100 Å². The summed E-state index contributed by atoms with van der Waals surface area (Å²) in [4.78, 5) is 0. The molecule has 0 atom stereocenters. The van der Waals surface area contributed by atoms with Crippen LogP contribution in [0.1, 0.15) is 5.56 Å². The molecule has 0 aliphatic heterocycles. The number of halogens is 1. The molecule has 96 valence electrons. The highest BCUT2D eigenvalue weighted by Gasteiger charge is 2.07. The molecule has 0 bridgehead atoms. The van der Waals surface area contributed by atoms with Gasteiger partial charge in [0, 0.05) is 19.2 Å². The summed E-state index contributed by atoms with van der Waals surface area (Å²) in [5.41, 5.74) is 5.85. The average molecular weight is 243 g/mol. The summed E-state index contributed by atoms with van der Waals surface area (Å²) in [6.07, 6.45) is 0. The minimum Gasteiger partial charge on any atom is -0.491 e. The second-order valence-corrected chi connectivity index (χ2v) is 3.37. The molecule has 2 N–H and O–H groups in total. The van der Waals surface area contributed by atoms with Crippen LogP contribution in [0.2, 0.25) is 0 Å². The van der Waals surface area contributed by atoms with Gasteiger partial charge in [-0.15, -0.1) is 0 Å². The Bertz CT molecular complexity index is 334. The molecule has 0 unspecified atom stereocenters. The van der Waals surface area contributed by atoms with Crippen molar-refractivity contribution in [1.82, 2.24) is 0 Å². The van der Waals surface area contributed by atoms with Crippen LogP contribution in [0.3, 0.4) is 0 Å². The topological polar surface area (TPSA) is 53.7 Å². The molecule has 4 nitrogen and oxygen atoms in total. The Hall–Kier alpha value is -1.17. The molecule has 0 aliphatic rings. The number of benzene rings is 1. The first-order chi connectivity index (χ1) is 8.29. The first-order valence-electron chi connectivity index (χ1n) is 5.46. The molecule has 0 heterocycles. The fraction of sp³-hybridized carbons (Fsp3) is 0.500. The predicted octanol–water partition coefficient (Wildman–Crippen LogP) is 1.33. The Morgan fingerprint density at radius 3 is 2.65 bits per heavy atom. The zero-order chi connectivity index (χ0) is 12.5. The van der Waals surface area contributed by atoms with Gasteiger partial charge in [-0.25, -0.2) is 4.39 Å². The fourth-order valence-corrected chi connectivity index (χ4v) is 1.33. The minimum atomic E-state index is -0.342. The summed E-state index contributed by atoms with van der Waals surface area (Å²) in [6.45, 7) is 1.98. The zero-order valence-corrected chi connectivity index (χ0v) is 9.95. The highest BCUT2D eigenvalue weighted by molar-refractivity contribution is 5.34. The number of hydrogen-bond donors (Lipinski definition) is 1. The highest BCUT2D eigenvalue weighted by Crippen LogP contribution is 2.20. The van der Waals surface area contributed by atoms with E-state index in [1.54, 1.807) is 19.2 Å². The van der Waals surface area contributed by atoms with E-state index in [0.717, 1.165) is 0 Å². The third kappa shape index (κ3) is 4.68. The molecule has 0 spiro atoms. The van der Waals surface area contributed by atoms with E-state index in [4.69, 9.17) is 19.9 Å². The number of methoxy groups -OCH3 is 1. The number of nitrogens with two attached hydrogens (primary N) is 1. The lowest BCUT2D eigenvalue weighted by Crippen LogP contribution is -2.12. The minimum absolute atomic E-state index is 0.118. The molecule has 0 saturated heterocycles. The lowest BCUT2D eigenvalue weighted by atomic mass is 10.2. The second kappa shape index (κ2) is 8.00. The Kier molecular flexibility index (Phi) is 6.54.